The summed E-state index contributed by atoms with van der Waals surface area (Å²) in [6.07, 6.45) is 0. The molecule has 1 unspecified atom stereocenters. The molecular weight excluding hydrogens is 300 g/mol. The van der Waals surface area contributed by atoms with Gasteiger partial charge in [0, 0.05) is 18.7 Å². The fraction of sp³-hybridized carbons (Fsp3) is 0.200. The van der Waals surface area contributed by atoms with Crippen molar-refractivity contribution in [2.45, 2.75) is 12.6 Å². The lowest BCUT2D eigenvalue weighted by atomic mass is 10.0. The maximum absolute atomic E-state index is 11.7. The van der Waals surface area contributed by atoms with Gasteiger partial charge in [-0.1, -0.05) is 67.2 Å². The summed E-state index contributed by atoms with van der Waals surface area (Å²) in [5, 5.41) is 9.70. The molecule has 0 aliphatic heterocycles. The Morgan fingerprint density at radius 3 is 2.29 bits per heavy atom. The van der Waals surface area contributed by atoms with E-state index in [0.29, 0.717) is 12.1 Å². The van der Waals surface area contributed by atoms with Gasteiger partial charge >= 0.3 is 5.97 Å². The van der Waals surface area contributed by atoms with Gasteiger partial charge in [0.25, 0.3) is 0 Å². The van der Waals surface area contributed by atoms with E-state index in [4.69, 9.17) is 4.74 Å². The summed E-state index contributed by atoms with van der Waals surface area (Å²) < 4.78 is 4.73. The number of carbonyl (C=O) groups excluding carboxylic acids is 1. The molecule has 0 radical (unpaired) electrons. The smallest absolute Gasteiger partial charge is 0.334 e. The van der Waals surface area contributed by atoms with E-state index in [0.717, 1.165) is 11.1 Å². The lowest BCUT2D eigenvalue weighted by Gasteiger charge is -2.27. The molecule has 0 N–H and O–H groups in total. The van der Waals surface area contributed by atoms with Crippen LogP contribution in [0.15, 0.2) is 72.8 Å². The first-order chi connectivity index (χ1) is 11.7. The third-order valence-electron chi connectivity index (χ3n) is 3.70. The van der Waals surface area contributed by atoms with Gasteiger partial charge in [-0.05, 0) is 11.1 Å². The largest absolute Gasteiger partial charge is 0.466 e. The number of hydrogen-bond acceptors (Lipinski definition) is 4. The lowest BCUT2D eigenvalue weighted by molar-refractivity contribution is -0.136. The SMILES string of the molecule is C=C(CN(Cc1ccccc1)C(C#N)c1ccccc1)C(=O)OC. The average molecular weight is 320 g/mol. The first-order valence-corrected chi connectivity index (χ1v) is 7.64. The molecule has 2 aromatic rings. The number of nitrogens with zero attached hydrogens (tertiary/aromatic N) is 2. The number of hydrogen-bond donors (Lipinski definition) is 0. The van der Waals surface area contributed by atoms with Crippen LogP contribution in [0.4, 0.5) is 0 Å². The molecule has 0 spiro atoms. The molecule has 0 bridgehead atoms. The molecule has 2 aromatic carbocycles. The number of benzene rings is 2. The fourth-order valence-corrected chi connectivity index (χ4v) is 2.51. The number of carbonyl (C=O) groups is 1. The van der Waals surface area contributed by atoms with Gasteiger partial charge in [0.05, 0.1) is 13.2 Å². The summed E-state index contributed by atoms with van der Waals surface area (Å²) >= 11 is 0. The third kappa shape index (κ3) is 4.55. The Morgan fingerprint density at radius 2 is 1.75 bits per heavy atom. The van der Waals surface area contributed by atoms with E-state index in [1.165, 1.54) is 7.11 Å². The normalized spacial score (nSPS) is 11.5. The Kier molecular flexibility index (Phi) is 6.30. The molecule has 0 aliphatic carbocycles. The van der Waals surface area contributed by atoms with E-state index in [2.05, 4.69) is 12.6 Å². The Labute approximate surface area is 142 Å². The number of ether oxygens (including phenoxy) is 1. The van der Waals surface area contributed by atoms with Crippen molar-refractivity contribution < 1.29 is 9.53 Å². The minimum atomic E-state index is -0.479. The average Bonchev–Trinajstić information content (AvgIpc) is 2.63. The Hall–Kier alpha value is -2.90. The highest BCUT2D eigenvalue weighted by Crippen LogP contribution is 2.23. The van der Waals surface area contributed by atoms with Crippen LogP contribution in [-0.4, -0.2) is 24.5 Å². The summed E-state index contributed by atoms with van der Waals surface area (Å²) in [5.41, 5.74) is 2.27. The van der Waals surface area contributed by atoms with Gasteiger partial charge in [-0.25, -0.2) is 4.79 Å². The van der Waals surface area contributed by atoms with Crippen molar-refractivity contribution >= 4 is 5.97 Å². The Bertz CT molecular complexity index is 720. The van der Waals surface area contributed by atoms with Crippen LogP contribution in [0.25, 0.3) is 0 Å². The van der Waals surface area contributed by atoms with Gasteiger partial charge in [0.1, 0.15) is 6.04 Å². The van der Waals surface area contributed by atoms with Crippen molar-refractivity contribution in [3.05, 3.63) is 83.9 Å². The minimum Gasteiger partial charge on any atom is -0.466 e. The monoisotopic (exact) mass is 320 g/mol. The molecule has 2 rings (SSSR count). The minimum absolute atomic E-state index is 0.259. The zero-order valence-corrected chi connectivity index (χ0v) is 13.7. The van der Waals surface area contributed by atoms with E-state index in [1.807, 2.05) is 65.6 Å². The van der Waals surface area contributed by atoms with Crippen molar-refractivity contribution in [2.24, 2.45) is 0 Å². The van der Waals surface area contributed by atoms with Crippen molar-refractivity contribution in [1.29, 1.82) is 5.26 Å². The summed E-state index contributed by atoms with van der Waals surface area (Å²) in [4.78, 5) is 13.6. The highest BCUT2D eigenvalue weighted by atomic mass is 16.5. The quantitative estimate of drug-likeness (QED) is 0.579. The molecule has 1 atom stereocenters. The van der Waals surface area contributed by atoms with E-state index in [9.17, 15) is 10.1 Å². The van der Waals surface area contributed by atoms with Crippen LogP contribution in [-0.2, 0) is 16.1 Å². The van der Waals surface area contributed by atoms with Crippen molar-refractivity contribution in [3.8, 4) is 6.07 Å². The van der Waals surface area contributed by atoms with Gasteiger partial charge in [-0.15, -0.1) is 0 Å². The molecular formula is C20H20N2O2. The summed E-state index contributed by atoms with van der Waals surface area (Å²) in [7, 11) is 1.33. The second kappa shape index (κ2) is 8.66. The molecule has 0 aromatic heterocycles. The Balaban J connectivity index is 2.28. The van der Waals surface area contributed by atoms with Gasteiger partial charge in [0.2, 0.25) is 0 Å². The molecule has 24 heavy (non-hydrogen) atoms. The number of nitriles is 1. The predicted molar refractivity (Wildman–Crippen MR) is 92.8 cm³/mol. The van der Waals surface area contributed by atoms with Gasteiger partial charge in [0.15, 0.2) is 0 Å². The van der Waals surface area contributed by atoms with Gasteiger partial charge in [-0.2, -0.15) is 5.26 Å². The second-order valence-corrected chi connectivity index (χ2v) is 5.43. The number of methoxy groups -OCH3 is 1. The first-order valence-electron chi connectivity index (χ1n) is 7.64. The van der Waals surface area contributed by atoms with E-state index in [-0.39, 0.29) is 6.54 Å². The summed E-state index contributed by atoms with van der Waals surface area (Å²) in [6, 6.07) is 21.2. The first kappa shape index (κ1) is 17.5. The molecule has 0 saturated heterocycles. The van der Waals surface area contributed by atoms with E-state index in [1.54, 1.807) is 0 Å². The van der Waals surface area contributed by atoms with Crippen LogP contribution in [0.5, 0.6) is 0 Å². The maximum atomic E-state index is 11.7. The highest BCUT2D eigenvalue weighted by Gasteiger charge is 2.23. The van der Waals surface area contributed by atoms with Crippen LogP contribution in [0.1, 0.15) is 17.2 Å². The highest BCUT2D eigenvalue weighted by molar-refractivity contribution is 5.88. The van der Waals surface area contributed by atoms with Crippen molar-refractivity contribution in [1.82, 2.24) is 4.90 Å². The predicted octanol–water partition coefficient (Wildman–Crippen LogP) is 3.48. The third-order valence-corrected chi connectivity index (χ3v) is 3.70. The summed E-state index contributed by atoms with van der Waals surface area (Å²) in [6.45, 7) is 4.58. The van der Waals surface area contributed by atoms with Crippen LogP contribution in [0.2, 0.25) is 0 Å². The number of rotatable bonds is 7. The Morgan fingerprint density at radius 1 is 1.17 bits per heavy atom. The molecule has 4 nitrogen and oxygen atoms in total. The maximum Gasteiger partial charge on any atom is 0.334 e. The summed E-state index contributed by atoms with van der Waals surface area (Å²) in [5.74, 6) is -0.460. The zero-order valence-electron chi connectivity index (χ0n) is 13.7. The van der Waals surface area contributed by atoms with E-state index >= 15 is 0 Å². The standard InChI is InChI=1S/C20H20N2O2/c1-16(20(23)24-2)14-22(15-17-9-5-3-6-10-17)19(13-21)18-11-7-4-8-12-18/h3-12,19H,1,14-15H2,2H3. The van der Waals surface area contributed by atoms with Gasteiger partial charge in [-0.3, -0.25) is 4.90 Å². The van der Waals surface area contributed by atoms with Crippen LogP contribution < -0.4 is 0 Å². The number of esters is 1. The molecule has 0 amide bonds. The molecule has 0 aliphatic rings. The molecule has 0 heterocycles. The van der Waals surface area contributed by atoms with Crippen LogP contribution >= 0.6 is 0 Å². The molecule has 0 saturated carbocycles. The van der Waals surface area contributed by atoms with Crippen LogP contribution in [0, 0.1) is 11.3 Å². The second-order valence-electron chi connectivity index (χ2n) is 5.43. The zero-order chi connectivity index (χ0) is 17.4. The molecule has 122 valence electrons. The fourth-order valence-electron chi connectivity index (χ4n) is 2.51. The molecule has 4 heteroatoms. The lowest BCUT2D eigenvalue weighted by Crippen LogP contribution is -2.31. The molecule has 0 fully saturated rings. The van der Waals surface area contributed by atoms with Gasteiger partial charge < -0.3 is 4.74 Å². The van der Waals surface area contributed by atoms with Crippen molar-refractivity contribution in [2.75, 3.05) is 13.7 Å². The van der Waals surface area contributed by atoms with E-state index < -0.39 is 12.0 Å². The van der Waals surface area contributed by atoms with Crippen LogP contribution in [0.3, 0.4) is 0 Å². The van der Waals surface area contributed by atoms with Crippen molar-refractivity contribution in [3.63, 3.8) is 0 Å². The topological polar surface area (TPSA) is 53.3 Å².